The van der Waals surface area contributed by atoms with Gasteiger partial charge in [-0.05, 0) is 37.3 Å². The van der Waals surface area contributed by atoms with E-state index in [-0.39, 0.29) is 11.9 Å². The molecular weight excluding hydrogens is 406 g/mol. The number of hydrogen-bond acceptors (Lipinski definition) is 6. The van der Waals surface area contributed by atoms with E-state index in [1.807, 2.05) is 43.5 Å². The fraction of sp³-hybridized carbons (Fsp3) is 0.524. The molecule has 2 rings (SSSR count). The van der Waals surface area contributed by atoms with Gasteiger partial charge < -0.3 is 20.3 Å². The lowest BCUT2D eigenvalue weighted by Gasteiger charge is -2.30. The molecule has 0 saturated carbocycles. The summed E-state index contributed by atoms with van der Waals surface area (Å²) in [5, 5.41) is 5.25. The number of methoxy groups -OCH3 is 1. The maximum absolute atomic E-state index is 13.1. The zero-order chi connectivity index (χ0) is 22.1. The van der Waals surface area contributed by atoms with Gasteiger partial charge in [-0.25, -0.2) is 4.79 Å². The summed E-state index contributed by atoms with van der Waals surface area (Å²) in [6.07, 6.45) is 3.57. The lowest BCUT2D eigenvalue weighted by Crippen LogP contribution is -2.52. The Balaban J connectivity index is 2.14. The average Bonchev–Trinajstić information content (AvgIpc) is 3.02. The van der Waals surface area contributed by atoms with Crippen LogP contribution in [0.1, 0.15) is 25.3 Å². The number of amides is 3. The number of carbonyl (C=O) groups is 4. The molecule has 0 bridgehead atoms. The van der Waals surface area contributed by atoms with Gasteiger partial charge in [-0.3, -0.25) is 14.4 Å². The summed E-state index contributed by atoms with van der Waals surface area (Å²) in [7, 11) is 1.30. The molecule has 1 unspecified atom stereocenters. The van der Waals surface area contributed by atoms with E-state index in [9.17, 15) is 19.2 Å². The molecule has 0 aliphatic carbocycles. The lowest BCUT2D eigenvalue weighted by molar-refractivity contribution is -0.152. The van der Waals surface area contributed by atoms with E-state index in [4.69, 9.17) is 4.74 Å². The highest BCUT2D eigenvalue weighted by Crippen LogP contribution is 2.25. The van der Waals surface area contributed by atoms with Crippen LogP contribution >= 0.6 is 11.8 Å². The molecule has 4 atom stereocenters. The molecule has 164 valence electrons. The molecular formula is C21H29N3O5S. The average molecular weight is 436 g/mol. The van der Waals surface area contributed by atoms with Gasteiger partial charge in [0.1, 0.15) is 18.1 Å². The molecule has 1 aromatic carbocycles. The first-order valence-electron chi connectivity index (χ1n) is 9.85. The summed E-state index contributed by atoms with van der Waals surface area (Å²) in [5.41, 5.74) is 0.910. The molecule has 1 aliphatic heterocycles. The van der Waals surface area contributed by atoms with Crippen LogP contribution in [0.5, 0.6) is 0 Å². The number of thioether (sulfide) groups is 1. The van der Waals surface area contributed by atoms with Crippen LogP contribution in [0.4, 0.5) is 0 Å². The van der Waals surface area contributed by atoms with Crippen LogP contribution < -0.4 is 10.6 Å². The molecule has 0 spiro atoms. The lowest BCUT2D eigenvalue weighted by atomic mass is 10.0. The van der Waals surface area contributed by atoms with Crippen molar-refractivity contribution in [1.29, 1.82) is 0 Å². The highest BCUT2D eigenvalue weighted by Gasteiger charge is 2.44. The summed E-state index contributed by atoms with van der Waals surface area (Å²) < 4.78 is 4.95. The van der Waals surface area contributed by atoms with Gasteiger partial charge in [0.15, 0.2) is 0 Å². The molecule has 2 N–H and O–H groups in total. The Morgan fingerprint density at radius 2 is 2.03 bits per heavy atom. The van der Waals surface area contributed by atoms with E-state index < -0.39 is 30.0 Å². The maximum Gasteiger partial charge on any atom is 0.328 e. The summed E-state index contributed by atoms with van der Waals surface area (Å²) in [4.78, 5) is 50.5. The molecule has 1 fully saturated rings. The molecule has 0 radical (unpaired) electrons. The summed E-state index contributed by atoms with van der Waals surface area (Å²) in [6, 6.07) is 6.93. The van der Waals surface area contributed by atoms with Crippen LogP contribution in [0, 0.1) is 0 Å². The smallest absolute Gasteiger partial charge is 0.328 e. The zero-order valence-corrected chi connectivity index (χ0v) is 18.3. The third-order valence-corrected chi connectivity index (χ3v) is 5.84. The van der Waals surface area contributed by atoms with Crippen molar-refractivity contribution in [3.05, 3.63) is 35.9 Å². The van der Waals surface area contributed by atoms with Gasteiger partial charge in [0.2, 0.25) is 18.2 Å². The van der Waals surface area contributed by atoms with E-state index in [2.05, 4.69) is 10.6 Å². The topological polar surface area (TPSA) is 105 Å². The Morgan fingerprint density at radius 3 is 2.63 bits per heavy atom. The quantitative estimate of drug-likeness (QED) is 0.393. The first kappa shape index (κ1) is 23.7. The number of hydrogen-bond donors (Lipinski definition) is 2. The second kappa shape index (κ2) is 11.6. The molecule has 9 heteroatoms. The van der Waals surface area contributed by atoms with Gasteiger partial charge in [0.25, 0.3) is 0 Å². The summed E-state index contributed by atoms with van der Waals surface area (Å²) >= 11 is 1.57. The number of carbonyl (C=O) groups excluding carboxylic acids is 4. The minimum atomic E-state index is -0.776. The van der Waals surface area contributed by atoms with Crippen molar-refractivity contribution >= 4 is 36.0 Å². The monoisotopic (exact) mass is 435 g/mol. The second-order valence-corrected chi connectivity index (χ2v) is 8.22. The Morgan fingerprint density at radius 1 is 1.33 bits per heavy atom. The standard InChI is InChI=1S/C21H29N3O5S/c1-14-11-17(23-19(26)16(22-13-25)9-10-30-3)20(27)24(14)18(21(28)29-2)12-15-7-5-4-6-8-15/h4-8,13-14,16-18H,9-12H2,1-3H3,(H,22,25)(H,23,26)/t14?,16-,17-,18-/m1/s1. The largest absolute Gasteiger partial charge is 0.467 e. The van der Waals surface area contributed by atoms with Gasteiger partial charge in [0.05, 0.1) is 7.11 Å². The van der Waals surface area contributed by atoms with Crippen molar-refractivity contribution < 1.29 is 23.9 Å². The van der Waals surface area contributed by atoms with Gasteiger partial charge in [-0.15, -0.1) is 0 Å². The first-order valence-corrected chi connectivity index (χ1v) is 11.2. The predicted octanol–water partition coefficient (Wildman–Crippen LogP) is 0.744. The minimum Gasteiger partial charge on any atom is -0.467 e. The minimum absolute atomic E-state index is 0.251. The van der Waals surface area contributed by atoms with E-state index in [1.165, 1.54) is 12.0 Å². The van der Waals surface area contributed by atoms with Crippen LogP contribution in [-0.4, -0.2) is 72.4 Å². The third kappa shape index (κ3) is 5.98. The van der Waals surface area contributed by atoms with E-state index in [0.717, 1.165) is 5.56 Å². The molecule has 1 aromatic rings. The maximum atomic E-state index is 13.1. The Kier molecular flexibility index (Phi) is 9.16. The van der Waals surface area contributed by atoms with E-state index in [1.54, 1.807) is 11.8 Å². The van der Waals surface area contributed by atoms with Gasteiger partial charge in [-0.1, -0.05) is 30.3 Å². The second-order valence-electron chi connectivity index (χ2n) is 7.24. The number of nitrogens with zero attached hydrogens (tertiary/aromatic N) is 1. The highest BCUT2D eigenvalue weighted by molar-refractivity contribution is 7.98. The van der Waals surface area contributed by atoms with Crippen molar-refractivity contribution in [2.75, 3.05) is 19.1 Å². The summed E-state index contributed by atoms with van der Waals surface area (Å²) in [6.45, 7) is 1.85. The first-order chi connectivity index (χ1) is 14.4. The Hall–Kier alpha value is -2.55. The fourth-order valence-electron chi connectivity index (χ4n) is 3.68. The molecule has 1 saturated heterocycles. The van der Waals surface area contributed by atoms with Crippen LogP contribution in [0.15, 0.2) is 30.3 Å². The molecule has 0 aromatic heterocycles. The van der Waals surface area contributed by atoms with Crippen molar-refractivity contribution in [2.45, 2.75) is 50.4 Å². The zero-order valence-electron chi connectivity index (χ0n) is 17.5. The van der Waals surface area contributed by atoms with Crippen molar-refractivity contribution in [3.63, 3.8) is 0 Å². The normalized spacial score (nSPS) is 20.4. The number of benzene rings is 1. The van der Waals surface area contributed by atoms with Crippen LogP contribution in [0.25, 0.3) is 0 Å². The number of likely N-dealkylation sites (tertiary alicyclic amines) is 1. The molecule has 1 aliphatic rings. The number of esters is 1. The summed E-state index contributed by atoms with van der Waals surface area (Å²) in [5.74, 6) is -0.522. The van der Waals surface area contributed by atoms with E-state index in [0.29, 0.717) is 31.4 Å². The third-order valence-electron chi connectivity index (χ3n) is 5.20. The SMILES string of the molecule is COC(=O)[C@@H](Cc1ccccc1)N1C(=O)[C@H](NC(=O)[C@@H](CCSC)NC=O)CC1C. The molecule has 3 amide bonds. The number of rotatable bonds is 11. The fourth-order valence-corrected chi connectivity index (χ4v) is 4.15. The van der Waals surface area contributed by atoms with Gasteiger partial charge in [-0.2, -0.15) is 11.8 Å². The van der Waals surface area contributed by atoms with E-state index >= 15 is 0 Å². The number of ether oxygens (including phenoxy) is 1. The van der Waals surface area contributed by atoms with Crippen molar-refractivity contribution in [3.8, 4) is 0 Å². The van der Waals surface area contributed by atoms with Crippen molar-refractivity contribution in [1.82, 2.24) is 15.5 Å². The molecule has 30 heavy (non-hydrogen) atoms. The van der Waals surface area contributed by atoms with Crippen LogP contribution in [0.3, 0.4) is 0 Å². The molecule has 1 heterocycles. The van der Waals surface area contributed by atoms with Crippen LogP contribution in [-0.2, 0) is 30.3 Å². The van der Waals surface area contributed by atoms with Gasteiger partial charge >= 0.3 is 5.97 Å². The number of nitrogens with one attached hydrogen (secondary N) is 2. The van der Waals surface area contributed by atoms with Crippen LogP contribution in [0.2, 0.25) is 0 Å². The molecule has 8 nitrogen and oxygen atoms in total. The Bertz CT molecular complexity index is 745. The van der Waals surface area contributed by atoms with Gasteiger partial charge in [0, 0.05) is 12.5 Å². The predicted molar refractivity (Wildman–Crippen MR) is 115 cm³/mol. The Labute approximate surface area is 181 Å². The van der Waals surface area contributed by atoms with Crippen molar-refractivity contribution in [2.24, 2.45) is 0 Å². The highest BCUT2D eigenvalue weighted by atomic mass is 32.2.